The zero-order valence-electron chi connectivity index (χ0n) is 20.2. The van der Waals surface area contributed by atoms with E-state index < -0.39 is 0 Å². The van der Waals surface area contributed by atoms with Crippen molar-refractivity contribution in [3.63, 3.8) is 0 Å². The monoisotopic (exact) mass is 405 g/mol. The van der Waals surface area contributed by atoms with Gasteiger partial charge in [-0.05, 0) is 25.7 Å². The summed E-state index contributed by atoms with van der Waals surface area (Å²) in [4.78, 5) is 0. The van der Waals surface area contributed by atoms with E-state index in [1.54, 1.807) is 0 Å². The van der Waals surface area contributed by atoms with Gasteiger partial charge in [-0.15, -0.1) is 0 Å². The molecule has 0 N–H and O–H groups in total. The highest BCUT2D eigenvalue weighted by molar-refractivity contribution is 4.66. The Bertz CT molecular complexity index is 438. The Balaban J connectivity index is 1.77. The lowest BCUT2D eigenvalue weighted by Crippen LogP contribution is -2.30. The van der Waals surface area contributed by atoms with E-state index >= 15 is 0 Å². The van der Waals surface area contributed by atoms with Crippen LogP contribution in [-0.2, 0) is 13.1 Å². The van der Waals surface area contributed by atoms with Gasteiger partial charge in [-0.1, -0.05) is 117 Å². The zero-order chi connectivity index (χ0) is 20.8. The van der Waals surface area contributed by atoms with Crippen LogP contribution in [0.15, 0.2) is 18.7 Å². The van der Waals surface area contributed by atoms with E-state index in [-0.39, 0.29) is 0 Å². The molecule has 1 heterocycles. The minimum absolute atomic E-state index is 1.18. The molecular weight excluding hydrogens is 352 g/mol. The molecule has 0 saturated carbocycles. The molecule has 0 aliphatic rings. The van der Waals surface area contributed by atoms with E-state index in [2.05, 4.69) is 41.7 Å². The summed E-state index contributed by atoms with van der Waals surface area (Å²) in [6, 6.07) is 0. The minimum atomic E-state index is 1.18. The molecule has 1 aromatic heterocycles. The van der Waals surface area contributed by atoms with Gasteiger partial charge in [0.1, 0.15) is 12.4 Å². The number of aromatic nitrogens is 2. The summed E-state index contributed by atoms with van der Waals surface area (Å²) in [6.45, 7) is 6.95. The fraction of sp³-hybridized carbons (Fsp3) is 0.889. The lowest BCUT2D eigenvalue weighted by molar-refractivity contribution is -0.696. The number of nitrogens with zero attached hydrogens (tertiary/aromatic N) is 2. The van der Waals surface area contributed by atoms with Crippen LogP contribution in [0.3, 0.4) is 0 Å². The van der Waals surface area contributed by atoms with Crippen molar-refractivity contribution in [3.05, 3.63) is 18.7 Å². The van der Waals surface area contributed by atoms with E-state index in [9.17, 15) is 0 Å². The summed E-state index contributed by atoms with van der Waals surface area (Å²) in [5.41, 5.74) is 0. The fourth-order valence-electron chi connectivity index (χ4n) is 4.27. The Labute approximate surface area is 183 Å². The summed E-state index contributed by atoms with van der Waals surface area (Å²) < 4.78 is 4.72. The second-order valence-electron chi connectivity index (χ2n) is 9.25. The van der Waals surface area contributed by atoms with E-state index in [4.69, 9.17) is 0 Å². The largest absolute Gasteiger partial charge is 0.243 e. The standard InChI is InChI=1S/C27H53N2/c1-3-5-7-8-9-10-11-12-13-14-15-16-17-18-19-20-22-24-29-26-25-28(27-29)23-21-6-4-2/h25-27H,3-24H2,1-2H3/q+1. The van der Waals surface area contributed by atoms with Gasteiger partial charge in [0.2, 0.25) is 6.33 Å². The van der Waals surface area contributed by atoms with Crippen molar-refractivity contribution in [2.24, 2.45) is 0 Å². The first-order valence-corrected chi connectivity index (χ1v) is 13.4. The van der Waals surface area contributed by atoms with Crippen molar-refractivity contribution in [1.82, 2.24) is 4.57 Å². The topological polar surface area (TPSA) is 8.81 Å². The van der Waals surface area contributed by atoms with Gasteiger partial charge in [0.15, 0.2) is 0 Å². The van der Waals surface area contributed by atoms with Crippen molar-refractivity contribution in [2.45, 2.75) is 155 Å². The lowest BCUT2D eigenvalue weighted by atomic mass is 10.0. The predicted molar refractivity (Wildman–Crippen MR) is 128 cm³/mol. The van der Waals surface area contributed by atoms with Crippen LogP contribution in [0.2, 0.25) is 0 Å². The lowest BCUT2D eigenvalue weighted by Gasteiger charge is -2.03. The Kier molecular flexibility index (Phi) is 18.5. The van der Waals surface area contributed by atoms with Crippen molar-refractivity contribution in [3.8, 4) is 0 Å². The van der Waals surface area contributed by atoms with Crippen LogP contribution in [0.25, 0.3) is 0 Å². The number of aryl methyl sites for hydroxylation is 2. The number of hydrogen-bond acceptors (Lipinski definition) is 0. The molecule has 1 rings (SSSR count). The maximum Gasteiger partial charge on any atom is 0.243 e. The molecule has 170 valence electrons. The van der Waals surface area contributed by atoms with Gasteiger partial charge in [-0.3, -0.25) is 0 Å². The highest BCUT2D eigenvalue weighted by atomic mass is 15.1. The molecule has 0 spiro atoms. The third-order valence-electron chi connectivity index (χ3n) is 6.29. The molecule has 0 aromatic carbocycles. The molecule has 0 saturated heterocycles. The van der Waals surface area contributed by atoms with E-state index in [1.165, 1.54) is 142 Å². The number of imidazole rings is 1. The summed E-state index contributed by atoms with van der Waals surface area (Å²) in [6.07, 6.45) is 35.3. The van der Waals surface area contributed by atoms with Gasteiger partial charge in [0.25, 0.3) is 0 Å². The van der Waals surface area contributed by atoms with Gasteiger partial charge < -0.3 is 0 Å². The molecular formula is C27H53N2+. The van der Waals surface area contributed by atoms with Gasteiger partial charge >= 0.3 is 0 Å². The van der Waals surface area contributed by atoms with Crippen LogP contribution in [0.4, 0.5) is 0 Å². The fourth-order valence-corrected chi connectivity index (χ4v) is 4.27. The number of unbranched alkanes of at least 4 members (excludes halogenated alkanes) is 18. The highest BCUT2D eigenvalue weighted by Gasteiger charge is 2.03. The molecule has 29 heavy (non-hydrogen) atoms. The smallest absolute Gasteiger partial charge is 0.237 e. The first kappa shape index (κ1) is 26.2. The predicted octanol–water partition coefficient (Wildman–Crippen LogP) is 8.62. The molecule has 0 aliphatic carbocycles. The Hall–Kier alpha value is -0.790. The Morgan fingerprint density at radius 1 is 0.517 bits per heavy atom. The average Bonchev–Trinajstić information content (AvgIpc) is 3.18. The third kappa shape index (κ3) is 16.7. The second kappa shape index (κ2) is 20.5. The first-order chi connectivity index (χ1) is 14.4. The molecule has 0 aliphatic heterocycles. The third-order valence-corrected chi connectivity index (χ3v) is 6.29. The summed E-state index contributed by atoms with van der Waals surface area (Å²) >= 11 is 0. The summed E-state index contributed by atoms with van der Waals surface area (Å²) in [5.74, 6) is 0. The first-order valence-electron chi connectivity index (χ1n) is 13.4. The maximum absolute atomic E-state index is 2.37. The second-order valence-corrected chi connectivity index (χ2v) is 9.25. The van der Waals surface area contributed by atoms with Crippen LogP contribution in [-0.4, -0.2) is 4.57 Å². The molecule has 0 unspecified atom stereocenters. The molecule has 0 amide bonds. The zero-order valence-corrected chi connectivity index (χ0v) is 20.2. The molecule has 0 bridgehead atoms. The average molecular weight is 406 g/mol. The summed E-state index contributed by atoms with van der Waals surface area (Å²) in [5, 5.41) is 0. The van der Waals surface area contributed by atoms with Gasteiger partial charge in [-0.2, -0.15) is 0 Å². The van der Waals surface area contributed by atoms with Gasteiger partial charge in [-0.25, -0.2) is 9.13 Å². The van der Waals surface area contributed by atoms with E-state index in [1.807, 2.05) is 0 Å². The molecule has 0 atom stereocenters. The molecule has 2 heteroatoms. The van der Waals surface area contributed by atoms with Crippen LogP contribution in [0, 0.1) is 0 Å². The van der Waals surface area contributed by atoms with Crippen LogP contribution >= 0.6 is 0 Å². The number of hydrogen-bond donors (Lipinski definition) is 0. The van der Waals surface area contributed by atoms with Crippen molar-refractivity contribution in [2.75, 3.05) is 0 Å². The van der Waals surface area contributed by atoms with Gasteiger partial charge in [0, 0.05) is 0 Å². The Morgan fingerprint density at radius 2 is 0.931 bits per heavy atom. The van der Waals surface area contributed by atoms with Gasteiger partial charge in [0.05, 0.1) is 13.1 Å². The molecule has 0 fully saturated rings. The van der Waals surface area contributed by atoms with E-state index in [0.29, 0.717) is 0 Å². The number of rotatable bonds is 22. The minimum Gasteiger partial charge on any atom is -0.237 e. The van der Waals surface area contributed by atoms with Crippen molar-refractivity contribution < 1.29 is 4.57 Å². The van der Waals surface area contributed by atoms with Crippen LogP contribution in [0.1, 0.15) is 142 Å². The van der Waals surface area contributed by atoms with Crippen molar-refractivity contribution >= 4 is 0 Å². The molecule has 1 aromatic rings. The highest BCUT2D eigenvalue weighted by Crippen LogP contribution is 2.14. The quantitative estimate of drug-likeness (QED) is 0.135. The molecule has 0 radical (unpaired) electrons. The SMILES string of the molecule is CCCCCCCCCCCCCCCCCCCn1cc[n+](CCCCC)c1. The van der Waals surface area contributed by atoms with Crippen LogP contribution < -0.4 is 4.57 Å². The van der Waals surface area contributed by atoms with E-state index in [0.717, 1.165) is 0 Å². The normalized spacial score (nSPS) is 11.4. The Morgan fingerprint density at radius 3 is 1.41 bits per heavy atom. The summed E-state index contributed by atoms with van der Waals surface area (Å²) in [7, 11) is 0. The molecule has 2 nitrogen and oxygen atoms in total. The maximum atomic E-state index is 2.37. The van der Waals surface area contributed by atoms with Crippen molar-refractivity contribution in [1.29, 1.82) is 0 Å². The van der Waals surface area contributed by atoms with Crippen LogP contribution in [0.5, 0.6) is 0 Å².